The van der Waals surface area contributed by atoms with Crippen LogP contribution < -0.4 is 15.8 Å². The fourth-order valence-corrected chi connectivity index (χ4v) is 2.86. The highest BCUT2D eigenvalue weighted by Gasteiger charge is 2.50. The van der Waals surface area contributed by atoms with Gasteiger partial charge < -0.3 is 15.8 Å². The number of nitrogens with two attached hydrogens (primary N) is 1. The van der Waals surface area contributed by atoms with E-state index in [1.807, 2.05) is 6.92 Å². The first-order chi connectivity index (χ1) is 9.83. The number of carbonyl (C=O) groups is 1. The third-order valence-corrected chi connectivity index (χ3v) is 4.03. The molecule has 21 heavy (non-hydrogen) atoms. The topological polar surface area (TPSA) is 64.3 Å². The number of alkyl halides is 2. The van der Waals surface area contributed by atoms with Crippen LogP contribution in [-0.4, -0.2) is 17.5 Å². The lowest BCUT2D eigenvalue weighted by Crippen LogP contribution is -2.53. The van der Waals surface area contributed by atoms with Gasteiger partial charge in [-0.3, -0.25) is 4.79 Å². The quantitative estimate of drug-likeness (QED) is 0.820. The van der Waals surface area contributed by atoms with Crippen molar-refractivity contribution in [2.75, 3.05) is 5.32 Å². The summed E-state index contributed by atoms with van der Waals surface area (Å²) >= 11 is 5.01. The highest BCUT2D eigenvalue weighted by atomic mass is 32.1. The lowest BCUT2D eigenvalue weighted by atomic mass is 9.62. The van der Waals surface area contributed by atoms with Gasteiger partial charge >= 0.3 is 6.61 Å². The van der Waals surface area contributed by atoms with Crippen LogP contribution in [0, 0.1) is 11.3 Å². The van der Waals surface area contributed by atoms with Gasteiger partial charge in [-0.15, -0.1) is 0 Å². The molecule has 1 aromatic rings. The van der Waals surface area contributed by atoms with Gasteiger partial charge in [-0.05, 0) is 43.0 Å². The van der Waals surface area contributed by atoms with E-state index < -0.39 is 12.0 Å². The van der Waals surface area contributed by atoms with E-state index in [0.717, 1.165) is 0 Å². The summed E-state index contributed by atoms with van der Waals surface area (Å²) in [6.45, 7) is -0.847. The van der Waals surface area contributed by atoms with Gasteiger partial charge in [-0.1, -0.05) is 19.1 Å². The maximum atomic E-state index is 12.3. The molecule has 4 nitrogen and oxygen atoms in total. The zero-order valence-electron chi connectivity index (χ0n) is 11.4. The number of amides is 1. The zero-order valence-corrected chi connectivity index (χ0v) is 12.3. The van der Waals surface area contributed by atoms with Gasteiger partial charge in [0, 0.05) is 5.69 Å². The van der Waals surface area contributed by atoms with Crippen LogP contribution in [0.5, 0.6) is 5.75 Å². The molecule has 3 N–H and O–H groups in total. The second-order valence-corrected chi connectivity index (χ2v) is 5.76. The number of rotatable bonds is 5. The number of carbonyl (C=O) groups excluding carboxylic acids is 1. The molecule has 0 spiro atoms. The zero-order chi connectivity index (χ0) is 15.6. The molecule has 0 radical (unpaired) electrons. The molecule has 1 aromatic carbocycles. The standard InChI is InChI=1S/C14H16F2N2O2S/c1-8-6-14(7-8,11(17)21)12(19)18-9-2-4-10(5-3-9)20-13(15)16/h2-5,8,13H,6-7H2,1H3,(H2,17,21)(H,18,19). The van der Waals surface area contributed by atoms with E-state index in [-0.39, 0.29) is 16.6 Å². The molecule has 1 fully saturated rings. The van der Waals surface area contributed by atoms with E-state index in [0.29, 0.717) is 24.4 Å². The number of benzene rings is 1. The summed E-state index contributed by atoms with van der Waals surface area (Å²) < 4.78 is 28.3. The van der Waals surface area contributed by atoms with Crippen LogP contribution in [-0.2, 0) is 4.79 Å². The first-order valence-corrected chi connectivity index (χ1v) is 6.90. The Balaban J connectivity index is 2.04. The highest BCUT2D eigenvalue weighted by molar-refractivity contribution is 7.80. The average molecular weight is 314 g/mol. The van der Waals surface area contributed by atoms with Gasteiger partial charge in [0.2, 0.25) is 5.91 Å². The molecule has 1 saturated carbocycles. The summed E-state index contributed by atoms with van der Waals surface area (Å²) in [5, 5.41) is 2.72. The molecule has 114 valence electrons. The average Bonchev–Trinajstić information content (AvgIpc) is 2.36. The van der Waals surface area contributed by atoms with Crippen LogP contribution in [0.1, 0.15) is 19.8 Å². The lowest BCUT2D eigenvalue weighted by molar-refractivity contribution is -0.127. The van der Waals surface area contributed by atoms with E-state index in [2.05, 4.69) is 10.1 Å². The van der Waals surface area contributed by atoms with Gasteiger partial charge in [0.25, 0.3) is 0 Å². The van der Waals surface area contributed by atoms with Gasteiger partial charge in [0.15, 0.2) is 0 Å². The highest BCUT2D eigenvalue weighted by Crippen LogP contribution is 2.46. The molecule has 0 aliphatic heterocycles. The van der Waals surface area contributed by atoms with Crippen LogP contribution in [0.25, 0.3) is 0 Å². The molecular weight excluding hydrogens is 298 g/mol. The first kappa shape index (κ1) is 15.6. The minimum atomic E-state index is -2.88. The molecule has 1 aliphatic carbocycles. The number of ether oxygens (including phenoxy) is 1. The first-order valence-electron chi connectivity index (χ1n) is 6.50. The van der Waals surface area contributed by atoms with Crippen LogP contribution in [0.4, 0.5) is 14.5 Å². The van der Waals surface area contributed by atoms with Crippen molar-refractivity contribution in [2.45, 2.75) is 26.4 Å². The van der Waals surface area contributed by atoms with Crippen molar-refractivity contribution in [3.63, 3.8) is 0 Å². The number of thiocarbonyl (C=S) groups is 1. The summed E-state index contributed by atoms with van der Waals surface area (Å²) in [6.07, 6.45) is 1.25. The predicted octanol–water partition coefficient (Wildman–Crippen LogP) is 2.93. The number of anilines is 1. The molecule has 0 heterocycles. The Morgan fingerprint density at radius 2 is 2.00 bits per heavy atom. The second-order valence-electron chi connectivity index (χ2n) is 5.32. The molecule has 0 atom stereocenters. The summed E-state index contributed by atoms with van der Waals surface area (Å²) in [6, 6.07) is 5.70. The van der Waals surface area contributed by atoms with Crippen molar-refractivity contribution in [3.05, 3.63) is 24.3 Å². The smallest absolute Gasteiger partial charge is 0.387 e. The SMILES string of the molecule is CC1CC(C(=O)Nc2ccc(OC(F)F)cc2)(C(N)=S)C1. The molecule has 0 unspecified atom stereocenters. The molecule has 0 bridgehead atoms. The predicted molar refractivity (Wildman–Crippen MR) is 79.3 cm³/mol. The molecule has 1 amide bonds. The summed E-state index contributed by atoms with van der Waals surface area (Å²) in [5.74, 6) is 0.180. The van der Waals surface area contributed by atoms with Crippen LogP contribution >= 0.6 is 12.2 Å². The van der Waals surface area contributed by atoms with Gasteiger partial charge in [0.1, 0.15) is 5.75 Å². The molecule has 1 aliphatic rings. The molecule has 0 aromatic heterocycles. The van der Waals surface area contributed by atoms with E-state index >= 15 is 0 Å². The van der Waals surface area contributed by atoms with Crippen molar-refractivity contribution < 1.29 is 18.3 Å². The minimum absolute atomic E-state index is 0.0318. The Hall–Kier alpha value is -1.76. The summed E-state index contributed by atoms with van der Waals surface area (Å²) in [4.78, 5) is 12.5. The Morgan fingerprint density at radius 3 is 2.43 bits per heavy atom. The maximum absolute atomic E-state index is 12.3. The third-order valence-electron chi connectivity index (χ3n) is 3.64. The van der Waals surface area contributed by atoms with Crippen LogP contribution in [0.15, 0.2) is 24.3 Å². The van der Waals surface area contributed by atoms with E-state index in [1.54, 1.807) is 0 Å². The fourth-order valence-electron chi connectivity index (χ4n) is 2.60. The molecule has 0 saturated heterocycles. The lowest BCUT2D eigenvalue weighted by Gasteiger charge is -2.44. The Morgan fingerprint density at radius 1 is 1.43 bits per heavy atom. The van der Waals surface area contributed by atoms with Crippen molar-refractivity contribution >= 4 is 28.8 Å². The van der Waals surface area contributed by atoms with Gasteiger partial charge in [-0.2, -0.15) is 8.78 Å². The molecular formula is C14H16F2N2O2S. The number of hydrogen-bond donors (Lipinski definition) is 2. The fraction of sp³-hybridized carbons (Fsp3) is 0.429. The van der Waals surface area contributed by atoms with Gasteiger partial charge in [-0.25, -0.2) is 0 Å². The number of nitrogens with one attached hydrogen (secondary N) is 1. The normalized spacial score (nSPS) is 24.3. The maximum Gasteiger partial charge on any atom is 0.387 e. The Kier molecular flexibility index (Phi) is 4.41. The molecule has 7 heteroatoms. The van der Waals surface area contributed by atoms with Crippen LogP contribution in [0.2, 0.25) is 0 Å². The van der Waals surface area contributed by atoms with E-state index in [1.165, 1.54) is 24.3 Å². The summed E-state index contributed by atoms with van der Waals surface area (Å²) in [5.41, 5.74) is 5.38. The number of halogens is 2. The van der Waals surface area contributed by atoms with Gasteiger partial charge in [0.05, 0.1) is 10.4 Å². The minimum Gasteiger partial charge on any atom is -0.435 e. The molecule has 2 rings (SSSR count). The monoisotopic (exact) mass is 314 g/mol. The number of hydrogen-bond acceptors (Lipinski definition) is 3. The van der Waals surface area contributed by atoms with Crippen molar-refractivity contribution in [1.82, 2.24) is 0 Å². The Labute approximate surface area is 126 Å². The van der Waals surface area contributed by atoms with Crippen LogP contribution in [0.3, 0.4) is 0 Å². The second kappa shape index (κ2) is 5.93. The summed E-state index contributed by atoms with van der Waals surface area (Å²) in [7, 11) is 0. The largest absolute Gasteiger partial charge is 0.435 e. The third kappa shape index (κ3) is 3.29. The van der Waals surface area contributed by atoms with Crippen molar-refractivity contribution in [2.24, 2.45) is 17.1 Å². The van der Waals surface area contributed by atoms with E-state index in [4.69, 9.17) is 18.0 Å². The van der Waals surface area contributed by atoms with Crippen molar-refractivity contribution in [1.29, 1.82) is 0 Å². The Bertz CT molecular complexity index is 542. The van der Waals surface area contributed by atoms with E-state index in [9.17, 15) is 13.6 Å². The van der Waals surface area contributed by atoms with Crippen molar-refractivity contribution in [3.8, 4) is 5.75 Å².